The minimum absolute atomic E-state index is 0.0179. The molecule has 0 saturated carbocycles. The maximum Gasteiger partial charge on any atom is 0.258 e. The molecule has 1 heterocycles. The standard InChI is InChI=1S/C30H34ClN3O3/c1-4-20(3)32-29(36)25(5-2)34(19-22-11-6-7-15-24(22)31)27(35)17-10-18-33-26-16-9-13-21-12-8-14-23(28(21)26)30(33)37/h6-9,11-16,20,25H,4-5,10,17-19H2,1-3H3,(H,32,36)/t20-,25+/m1/s1. The summed E-state index contributed by atoms with van der Waals surface area (Å²) >= 11 is 6.41. The van der Waals surface area contributed by atoms with Gasteiger partial charge in [-0.3, -0.25) is 14.4 Å². The predicted molar refractivity (Wildman–Crippen MR) is 149 cm³/mol. The second kappa shape index (κ2) is 11.8. The number of benzene rings is 3. The maximum absolute atomic E-state index is 13.6. The first-order valence-electron chi connectivity index (χ1n) is 13.0. The molecule has 0 spiro atoms. The van der Waals surface area contributed by atoms with Crippen molar-refractivity contribution in [1.82, 2.24) is 10.2 Å². The molecule has 4 rings (SSSR count). The lowest BCUT2D eigenvalue weighted by Gasteiger charge is -2.32. The van der Waals surface area contributed by atoms with Crippen molar-refractivity contribution in [2.75, 3.05) is 11.4 Å². The fourth-order valence-electron chi connectivity index (χ4n) is 4.90. The Bertz CT molecular complexity index is 1300. The van der Waals surface area contributed by atoms with Crippen LogP contribution in [-0.2, 0) is 16.1 Å². The van der Waals surface area contributed by atoms with Gasteiger partial charge in [-0.25, -0.2) is 0 Å². The van der Waals surface area contributed by atoms with Crippen LogP contribution in [0.15, 0.2) is 60.7 Å². The van der Waals surface area contributed by atoms with Crippen LogP contribution in [0.2, 0.25) is 5.02 Å². The predicted octanol–water partition coefficient (Wildman–Crippen LogP) is 5.96. The van der Waals surface area contributed by atoms with Gasteiger partial charge < -0.3 is 15.1 Å². The summed E-state index contributed by atoms with van der Waals surface area (Å²) in [5, 5.41) is 5.59. The first-order chi connectivity index (χ1) is 17.8. The molecule has 0 aromatic heterocycles. The van der Waals surface area contributed by atoms with E-state index in [1.54, 1.807) is 15.9 Å². The van der Waals surface area contributed by atoms with Crippen molar-refractivity contribution in [2.24, 2.45) is 0 Å². The van der Waals surface area contributed by atoms with Crippen LogP contribution in [-0.4, -0.2) is 41.2 Å². The van der Waals surface area contributed by atoms with Gasteiger partial charge in [0.1, 0.15) is 6.04 Å². The van der Waals surface area contributed by atoms with Gasteiger partial charge in [0, 0.05) is 41.5 Å². The molecule has 37 heavy (non-hydrogen) atoms. The Balaban J connectivity index is 1.50. The van der Waals surface area contributed by atoms with E-state index in [4.69, 9.17) is 11.6 Å². The fraction of sp³-hybridized carbons (Fsp3) is 0.367. The number of nitrogens with one attached hydrogen (secondary N) is 1. The Kier molecular flexibility index (Phi) is 8.49. The summed E-state index contributed by atoms with van der Waals surface area (Å²) in [6.45, 7) is 6.55. The number of rotatable bonds is 11. The third-order valence-corrected chi connectivity index (χ3v) is 7.48. The topological polar surface area (TPSA) is 69.7 Å². The Hall–Kier alpha value is -3.38. The molecule has 0 unspecified atom stereocenters. The Morgan fingerprint density at radius 2 is 1.73 bits per heavy atom. The lowest BCUT2D eigenvalue weighted by atomic mass is 10.1. The minimum atomic E-state index is -0.607. The van der Waals surface area contributed by atoms with Crippen LogP contribution in [0.5, 0.6) is 0 Å². The number of hydrogen-bond donors (Lipinski definition) is 1. The summed E-state index contributed by atoms with van der Waals surface area (Å²) in [4.78, 5) is 43.2. The first kappa shape index (κ1) is 26.7. The molecule has 0 bridgehead atoms. The lowest BCUT2D eigenvalue weighted by molar-refractivity contribution is -0.141. The highest BCUT2D eigenvalue weighted by Crippen LogP contribution is 2.37. The van der Waals surface area contributed by atoms with Crippen LogP contribution in [0.3, 0.4) is 0 Å². The van der Waals surface area contributed by atoms with Crippen molar-refractivity contribution in [3.63, 3.8) is 0 Å². The van der Waals surface area contributed by atoms with Crippen molar-refractivity contribution in [3.8, 4) is 0 Å². The smallest absolute Gasteiger partial charge is 0.258 e. The van der Waals surface area contributed by atoms with Crippen molar-refractivity contribution in [3.05, 3.63) is 76.8 Å². The van der Waals surface area contributed by atoms with Gasteiger partial charge in [-0.15, -0.1) is 0 Å². The Labute approximate surface area is 223 Å². The largest absolute Gasteiger partial charge is 0.352 e. The van der Waals surface area contributed by atoms with E-state index in [9.17, 15) is 14.4 Å². The van der Waals surface area contributed by atoms with Crippen molar-refractivity contribution >= 4 is 45.8 Å². The van der Waals surface area contributed by atoms with Crippen LogP contribution in [0, 0.1) is 0 Å². The zero-order valence-corrected chi connectivity index (χ0v) is 22.4. The van der Waals surface area contributed by atoms with E-state index in [-0.39, 0.29) is 36.7 Å². The molecule has 6 nitrogen and oxygen atoms in total. The minimum Gasteiger partial charge on any atom is -0.352 e. The van der Waals surface area contributed by atoms with Gasteiger partial charge in [0.15, 0.2) is 0 Å². The average Bonchev–Trinajstić information content (AvgIpc) is 3.17. The molecule has 194 valence electrons. The third-order valence-electron chi connectivity index (χ3n) is 7.11. The average molecular weight is 520 g/mol. The molecule has 0 saturated heterocycles. The number of hydrogen-bond acceptors (Lipinski definition) is 3. The molecular formula is C30H34ClN3O3. The number of anilines is 1. The van der Waals surface area contributed by atoms with Crippen LogP contribution in [0.25, 0.3) is 10.8 Å². The molecule has 3 aromatic carbocycles. The number of nitrogens with zero attached hydrogens (tertiary/aromatic N) is 2. The Morgan fingerprint density at radius 3 is 2.43 bits per heavy atom. The lowest BCUT2D eigenvalue weighted by Crippen LogP contribution is -2.50. The molecule has 3 amide bonds. The van der Waals surface area contributed by atoms with Gasteiger partial charge in [-0.1, -0.05) is 67.9 Å². The third kappa shape index (κ3) is 5.64. The van der Waals surface area contributed by atoms with Crippen LogP contribution < -0.4 is 10.2 Å². The van der Waals surface area contributed by atoms with E-state index in [2.05, 4.69) is 5.32 Å². The zero-order chi connectivity index (χ0) is 26.5. The molecule has 7 heteroatoms. The second-order valence-corrected chi connectivity index (χ2v) is 10.0. The van der Waals surface area contributed by atoms with E-state index in [0.29, 0.717) is 30.0 Å². The number of carbonyl (C=O) groups is 3. The second-order valence-electron chi connectivity index (χ2n) is 9.60. The maximum atomic E-state index is 13.6. The fourth-order valence-corrected chi connectivity index (χ4v) is 5.10. The van der Waals surface area contributed by atoms with Crippen molar-refractivity contribution < 1.29 is 14.4 Å². The van der Waals surface area contributed by atoms with Crippen molar-refractivity contribution in [2.45, 2.75) is 65.1 Å². The highest BCUT2D eigenvalue weighted by molar-refractivity contribution is 6.31. The van der Waals surface area contributed by atoms with E-state index in [0.717, 1.165) is 28.4 Å². The molecule has 0 fully saturated rings. The molecule has 1 aliphatic heterocycles. The van der Waals surface area contributed by atoms with Gasteiger partial charge in [0.05, 0.1) is 5.69 Å². The van der Waals surface area contributed by atoms with E-state index in [1.165, 1.54) is 0 Å². The van der Waals surface area contributed by atoms with Gasteiger partial charge in [-0.05, 0) is 55.3 Å². The van der Waals surface area contributed by atoms with Crippen LogP contribution >= 0.6 is 11.6 Å². The number of amides is 3. The highest BCUT2D eigenvalue weighted by atomic mass is 35.5. The van der Waals surface area contributed by atoms with Crippen LogP contribution in [0.1, 0.15) is 62.4 Å². The molecule has 0 aliphatic carbocycles. The molecule has 0 radical (unpaired) electrons. The SMILES string of the molecule is CC[C@@H](C)NC(=O)[C@H](CC)N(Cc1ccccc1Cl)C(=O)CCCN1C(=O)c2cccc3cccc1c23. The van der Waals surface area contributed by atoms with Gasteiger partial charge >= 0.3 is 0 Å². The summed E-state index contributed by atoms with van der Waals surface area (Å²) in [6.07, 6.45) is 1.99. The summed E-state index contributed by atoms with van der Waals surface area (Å²) in [7, 11) is 0. The van der Waals surface area contributed by atoms with E-state index in [1.807, 2.05) is 75.4 Å². The zero-order valence-electron chi connectivity index (χ0n) is 21.7. The van der Waals surface area contributed by atoms with Gasteiger partial charge in [0.2, 0.25) is 11.8 Å². The highest BCUT2D eigenvalue weighted by Gasteiger charge is 2.31. The molecule has 2 atom stereocenters. The first-order valence-corrected chi connectivity index (χ1v) is 13.4. The molecule has 1 N–H and O–H groups in total. The van der Waals surface area contributed by atoms with Gasteiger partial charge in [0.25, 0.3) is 5.91 Å². The summed E-state index contributed by atoms with van der Waals surface area (Å²) in [6, 6.07) is 18.5. The summed E-state index contributed by atoms with van der Waals surface area (Å²) in [5.74, 6) is -0.325. The van der Waals surface area contributed by atoms with E-state index >= 15 is 0 Å². The van der Waals surface area contributed by atoms with Gasteiger partial charge in [-0.2, -0.15) is 0 Å². The van der Waals surface area contributed by atoms with E-state index < -0.39 is 6.04 Å². The molecule has 3 aromatic rings. The normalized spacial score (nSPS) is 14.1. The van der Waals surface area contributed by atoms with Crippen molar-refractivity contribution in [1.29, 1.82) is 0 Å². The monoisotopic (exact) mass is 519 g/mol. The quantitative estimate of drug-likeness (QED) is 0.340. The number of carbonyl (C=O) groups excluding carboxylic acids is 3. The molecular weight excluding hydrogens is 486 g/mol. The number of halogens is 1. The van der Waals surface area contributed by atoms with Crippen LogP contribution in [0.4, 0.5) is 5.69 Å². The Morgan fingerprint density at radius 1 is 1.00 bits per heavy atom. The summed E-state index contributed by atoms with van der Waals surface area (Å²) in [5.41, 5.74) is 2.38. The molecule has 1 aliphatic rings. The summed E-state index contributed by atoms with van der Waals surface area (Å²) < 4.78 is 0.